The molecule has 0 aliphatic carbocycles. The van der Waals surface area contributed by atoms with Crippen molar-refractivity contribution in [1.82, 2.24) is 4.90 Å². The van der Waals surface area contributed by atoms with Crippen LogP contribution < -0.4 is 5.73 Å². The van der Waals surface area contributed by atoms with E-state index < -0.39 is 4.92 Å². The summed E-state index contributed by atoms with van der Waals surface area (Å²) >= 11 is 0. The molecule has 5 heteroatoms. The second kappa shape index (κ2) is 5.79. The van der Waals surface area contributed by atoms with Crippen molar-refractivity contribution in [3.63, 3.8) is 0 Å². The normalized spacial score (nSPS) is 18.9. The fraction of sp³-hybridized carbons (Fsp3) is 0.600. The molecule has 0 amide bonds. The standard InChI is InChI=1S/C15H23N3O2/c1-3-15(2)7-9-17(10-8-15)11-12-5-4-6-13(14(12)16)18(19)20/h4-6H,3,7-11,16H2,1-2H3. The number of nitro benzene ring substituents is 1. The van der Waals surface area contributed by atoms with E-state index in [1.807, 2.05) is 6.07 Å². The molecule has 1 saturated heterocycles. The van der Waals surface area contributed by atoms with E-state index >= 15 is 0 Å². The summed E-state index contributed by atoms with van der Waals surface area (Å²) in [6.45, 7) is 7.35. The highest BCUT2D eigenvalue weighted by Gasteiger charge is 2.28. The fourth-order valence-corrected chi connectivity index (χ4v) is 2.74. The van der Waals surface area contributed by atoms with Crippen molar-refractivity contribution in [1.29, 1.82) is 0 Å². The molecule has 5 nitrogen and oxygen atoms in total. The predicted octanol–water partition coefficient (Wildman–Crippen LogP) is 3.19. The highest BCUT2D eigenvalue weighted by molar-refractivity contribution is 5.62. The van der Waals surface area contributed by atoms with Gasteiger partial charge in [0, 0.05) is 12.6 Å². The van der Waals surface area contributed by atoms with Crippen LogP contribution in [0.2, 0.25) is 0 Å². The number of nitrogen functional groups attached to an aromatic ring is 1. The first-order valence-electron chi connectivity index (χ1n) is 7.19. The highest BCUT2D eigenvalue weighted by atomic mass is 16.6. The minimum Gasteiger partial charge on any atom is -0.393 e. The lowest BCUT2D eigenvalue weighted by Crippen LogP contribution is -2.38. The van der Waals surface area contributed by atoms with Gasteiger partial charge in [-0.25, -0.2) is 0 Å². The summed E-state index contributed by atoms with van der Waals surface area (Å²) in [7, 11) is 0. The number of likely N-dealkylation sites (tertiary alicyclic amines) is 1. The summed E-state index contributed by atoms with van der Waals surface area (Å²) in [6, 6.07) is 5.06. The molecule has 20 heavy (non-hydrogen) atoms. The average molecular weight is 277 g/mol. The quantitative estimate of drug-likeness (QED) is 0.521. The summed E-state index contributed by atoms with van der Waals surface area (Å²) in [5, 5.41) is 10.9. The van der Waals surface area contributed by atoms with Crippen LogP contribution in [0.1, 0.15) is 38.7 Å². The van der Waals surface area contributed by atoms with E-state index in [0.717, 1.165) is 18.7 Å². The van der Waals surface area contributed by atoms with Gasteiger partial charge >= 0.3 is 0 Å². The number of nitrogens with zero attached hydrogens (tertiary/aromatic N) is 2. The van der Waals surface area contributed by atoms with Crippen LogP contribution in [-0.2, 0) is 6.54 Å². The van der Waals surface area contributed by atoms with Crippen molar-refractivity contribution in [2.24, 2.45) is 5.41 Å². The summed E-state index contributed by atoms with van der Waals surface area (Å²) in [4.78, 5) is 12.8. The van der Waals surface area contributed by atoms with E-state index in [2.05, 4.69) is 18.7 Å². The summed E-state index contributed by atoms with van der Waals surface area (Å²) in [5.41, 5.74) is 7.54. The largest absolute Gasteiger partial charge is 0.393 e. The van der Waals surface area contributed by atoms with Crippen LogP contribution in [-0.4, -0.2) is 22.9 Å². The Morgan fingerprint density at radius 1 is 1.40 bits per heavy atom. The van der Waals surface area contributed by atoms with Gasteiger partial charge in [-0.3, -0.25) is 15.0 Å². The van der Waals surface area contributed by atoms with Gasteiger partial charge in [0.15, 0.2) is 0 Å². The minimum absolute atomic E-state index is 0.0119. The number of benzene rings is 1. The molecule has 0 radical (unpaired) electrons. The Kier molecular flexibility index (Phi) is 4.28. The van der Waals surface area contributed by atoms with Crippen molar-refractivity contribution in [2.45, 2.75) is 39.7 Å². The molecule has 0 aromatic heterocycles. The van der Waals surface area contributed by atoms with Gasteiger partial charge in [0.2, 0.25) is 0 Å². The number of nitrogens with two attached hydrogens (primary N) is 1. The molecule has 1 aromatic rings. The third-order valence-corrected chi connectivity index (χ3v) is 4.68. The van der Waals surface area contributed by atoms with Crippen molar-refractivity contribution in [3.05, 3.63) is 33.9 Å². The molecule has 0 bridgehead atoms. The van der Waals surface area contributed by atoms with E-state index in [-0.39, 0.29) is 5.69 Å². The lowest BCUT2D eigenvalue weighted by molar-refractivity contribution is -0.384. The van der Waals surface area contributed by atoms with Gasteiger partial charge < -0.3 is 5.73 Å². The fourth-order valence-electron chi connectivity index (χ4n) is 2.74. The van der Waals surface area contributed by atoms with Crippen molar-refractivity contribution in [3.8, 4) is 0 Å². The van der Waals surface area contributed by atoms with E-state index in [0.29, 0.717) is 17.6 Å². The second-order valence-electron chi connectivity index (χ2n) is 6.05. The molecule has 2 N–H and O–H groups in total. The first kappa shape index (κ1) is 14.8. The predicted molar refractivity (Wildman–Crippen MR) is 80.4 cm³/mol. The molecule has 1 aliphatic rings. The number of hydrogen-bond donors (Lipinski definition) is 1. The molecular weight excluding hydrogens is 254 g/mol. The lowest BCUT2D eigenvalue weighted by Gasteiger charge is -2.39. The molecule has 110 valence electrons. The van der Waals surface area contributed by atoms with Crippen LogP contribution in [0.15, 0.2) is 18.2 Å². The molecule has 0 atom stereocenters. The zero-order valence-electron chi connectivity index (χ0n) is 12.3. The molecule has 2 rings (SSSR count). The maximum atomic E-state index is 10.9. The molecular formula is C15H23N3O2. The van der Waals surface area contributed by atoms with Gasteiger partial charge in [-0.1, -0.05) is 32.4 Å². The smallest absolute Gasteiger partial charge is 0.292 e. The lowest BCUT2D eigenvalue weighted by atomic mass is 9.78. The Bertz CT molecular complexity index is 494. The number of hydrogen-bond acceptors (Lipinski definition) is 4. The van der Waals surface area contributed by atoms with Gasteiger partial charge in [0.1, 0.15) is 5.69 Å². The van der Waals surface area contributed by atoms with Crippen LogP contribution in [0.4, 0.5) is 11.4 Å². The Labute approximate surface area is 119 Å². The monoisotopic (exact) mass is 277 g/mol. The summed E-state index contributed by atoms with van der Waals surface area (Å²) in [5.74, 6) is 0. The van der Waals surface area contributed by atoms with Crippen LogP contribution in [0.25, 0.3) is 0 Å². The zero-order chi connectivity index (χ0) is 14.8. The molecule has 0 saturated carbocycles. The van der Waals surface area contributed by atoms with Gasteiger partial charge in [-0.2, -0.15) is 0 Å². The molecule has 1 fully saturated rings. The van der Waals surface area contributed by atoms with E-state index in [9.17, 15) is 10.1 Å². The van der Waals surface area contributed by atoms with Crippen molar-refractivity contribution >= 4 is 11.4 Å². The van der Waals surface area contributed by atoms with Gasteiger partial charge in [-0.05, 0) is 36.9 Å². The minimum atomic E-state index is -0.414. The third kappa shape index (κ3) is 3.10. The first-order valence-corrected chi connectivity index (χ1v) is 7.19. The van der Waals surface area contributed by atoms with Crippen LogP contribution in [0.5, 0.6) is 0 Å². The molecule has 1 aliphatic heterocycles. The Morgan fingerprint density at radius 2 is 2.05 bits per heavy atom. The molecule has 1 heterocycles. The number of nitro groups is 1. The summed E-state index contributed by atoms with van der Waals surface area (Å²) in [6.07, 6.45) is 3.57. The maximum absolute atomic E-state index is 10.9. The van der Waals surface area contributed by atoms with E-state index in [1.165, 1.54) is 25.3 Å². The van der Waals surface area contributed by atoms with Crippen LogP contribution in [0.3, 0.4) is 0 Å². The number of anilines is 1. The van der Waals surface area contributed by atoms with E-state index in [1.54, 1.807) is 6.07 Å². The maximum Gasteiger partial charge on any atom is 0.292 e. The molecule has 1 aromatic carbocycles. The average Bonchev–Trinajstić information content (AvgIpc) is 2.43. The molecule has 0 spiro atoms. The topological polar surface area (TPSA) is 72.4 Å². The van der Waals surface area contributed by atoms with E-state index in [4.69, 9.17) is 5.73 Å². The molecule has 0 unspecified atom stereocenters. The Balaban J connectivity index is 2.05. The highest BCUT2D eigenvalue weighted by Crippen LogP contribution is 2.35. The van der Waals surface area contributed by atoms with Gasteiger partial charge in [0.25, 0.3) is 5.69 Å². The zero-order valence-corrected chi connectivity index (χ0v) is 12.3. The Morgan fingerprint density at radius 3 is 2.60 bits per heavy atom. The van der Waals surface area contributed by atoms with Crippen molar-refractivity contribution < 1.29 is 4.92 Å². The van der Waals surface area contributed by atoms with Crippen LogP contribution in [0, 0.1) is 15.5 Å². The first-order chi connectivity index (χ1) is 9.45. The van der Waals surface area contributed by atoms with Gasteiger partial charge in [-0.15, -0.1) is 0 Å². The number of para-hydroxylation sites is 1. The number of piperidine rings is 1. The number of rotatable bonds is 4. The summed E-state index contributed by atoms with van der Waals surface area (Å²) < 4.78 is 0. The second-order valence-corrected chi connectivity index (χ2v) is 6.05. The van der Waals surface area contributed by atoms with Crippen molar-refractivity contribution in [2.75, 3.05) is 18.8 Å². The van der Waals surface area contributed by atoms with Gasteiger partial charge in [0.05, 0.1) is 4.92 Å². The van der Waals surface area contributed by atoms with Crippen LogP contribution >= 0.6 is 0 Å². The third-order valence-electron chi connectivity index (χ3n) is 4.68. The SMILES string of the molecule is CCC1(C)CCN(Cc2cccc([N+](=O)[O-])c2N)CC1. The Hall–Kier alpha value is -1.62.